The molecule has 0 aliphatic carbocycles. The Hall–Kier alpha value is -1.01. The van der Waals surface area contributed by atoms with Crippen LogP contribution in [-0.4, -0.2) is 57.4 Å². The molecule has 1 aromatic heterocycles. The van der Waals surface area contributed by atoms with Gasteiger partial charge in [0.25, 0.3) is 5.91 Å². The van der Waals surface area contributed by atoms with E-state index in [0.29, 0.717) is 11.6 Å². The molecule has 2 aliphatic rings. The van der Waals surface area contributed by atoms with Crippen molar-refractivity contribution < 1.29 is 9.53 Å². The van der Waals surface area contributed by atoms with Crippen LogP contribution in [0.5, 0.6) is 0 Å². The smallest absolute Gasteiger partial charge is 0.257 e. The molecule has 6 heteroatoms. The van der Waals surface area contributed by atoms with Crippen LogP contribution < -0.4 is 0 Å². The fraction of sp³-hybridized carbons (Fsp3) is 0.714. The van der Waals surface area contributed by atoms with Gasteiger partial charge in [0, 0.05) is 38.2 Å². The van der Waals surface area contributed by atoms with Crippen molar-refractivity contribution in [2.75, 3.05) is 24.7 Å². The third-order valence-electron chi connectivity index (χ3n) is 3.98. The second kappa shape index (κ2) is 6.18. The van der Waals surface area contributed by atoms with E-state index in [1.165, 1.54) is 0 Å². The van der Waals surface area contributed by atoms with Gasteiger partial charge >= 0.3 is 0 Å². The highest BCUT2D eigenvalue weighted by molar-refractivity contribution is 7.99. The molecule has 5 nitrogen and oxygen atoms in total. The molecule has 0 saturated carbocycles. The minimum absolute atomic E-state index is 0.0982. The number of hydrogen-bond acceptors (Lipinski definition) is 4. The molecule has 3 rings (SSSR count). The Kier molecular flexibility index (Phi) is 4.31. The van der Waals surface area contributed by atoms with Gasteiger partial charge in [0.05, 0.1) is 17.9 Å². The van der Waals surface area contributed by atoms with Gasteiger partial charge in [0.1, 0.15) is 0 Å². The van der Waals surface area contributed by atoms with Crippen LogP contribution >= 0.6 is 11.8 Å². The number of carbonyl (C=O) groups excluding carboxylic acids is 1. The van der Waals surface area contributed by atoms with E-state index in [0.717, 1.165) is 43.9 Å². The summed E-state index contributed by atoms with van der Waals surface area (Å²) in [5.74, 6) is 2.28. The molecule has 2 saturated heterocycles. The molecule has 0 radical (unpaired) electrons. The summed E-state index contributed by atoms with van der Waals surface area (Å²) in [4.78, 5) is 14.8. The summed E-state index contributed by atoms with van der Waals surface area (Å²) in [6.45, 7) is 1.55. The molecule has 2 atom stereocenters. The minimum atomic E-state index is 0.0982. The Balaban J connectivity index is 1.74. The van der Waals surface area contributed by atoms with E-state index in [4.69, 9.17) is 4.74 Å². The van der Waals surface area contributed by atoms with E-state index >= 15 is 0 Å². The fourth-order valence-electron chi connectivity index (χ4n) is 2.87. The number of rotatable bonds is 4. The van der Waals surface area contributed by atoms with Crippen LogP contribution in [-0.2, 0) is 11.8 Å². The molecule has 1 amide bonds. The predicted molar refractivity (Wildman–Crippen MR) is 78.9 cm³/mol. The molecule has 2 aliphatic heterocycles. The first-order chi connectivity index (χ1) is 9.74. The van der Waals surface area contributed by atoms with Gasteiger partial charge in [-0.3, -0.25) is 9.48 Å². The maximum atomic E-state index is 12.7. The van der Waals surface area contributed by atoms with Crippen LogP contribution in [0.3, 0.4) is 0 Å². The lowest BCUT2D eigenvalue weighted by Gasteiger charge is -2.30. The van der Waals surface area contributed by atoms with E-state index in [2.05, 4.69) is 5.10 Å². The van der Waals surface area contributed by atoms with Crippen molar-refractivity contribution in [1.29, 1.82) is 0 Å². The van der Waals surface area contributed by atoms with E-state index in [-0.39, 0.29) is 12.0 Å². The van der Waals surface area contributed by atoms with Crippen molar-refractivity contribution in [3.8, 4) is 0 Å². The van der Waals surface area contributed by atoms with Crippen molar-refractivity contribution in [3.05, 3.63) is 18.0 Å². The molecule has 0 spiro atoms. The Morgan fingerprint density at radius 2 is 2.50 bits per heavy atom. The van der Waals surface area contributed by atoms with E-state index in [9.17, 15) is 4.79 Å². The topological polar surface area (TPSA) is 47.4 Å². The zero-order valence-corrected chi connectivity index (χ0v) is 12.6. The molecule has 20 heavy (non-hydrogen) atoms. The van der Waals surface area contributed by atoms with Crippen LogP contribution in [0.15, 0.2) is 12.4 Å². The van der Waals surface area contributed by atoms with Gasteiger partial charge in [-0.15, -0.1) is 0 Å². The minimum Gasteiger partial charge on any atom is -0.376 e. The lowest BCUT2D eigenvalue weighted by Crippen LogP contribution is -2.44. The summed E-state index contributed by atoms with van der Waals surface area (Å²) in [6, 6.07) is 0.344. The Labute approximate surface area is 123 Å². The van der Waals surface area contributed by atoms with Crippen LogP contribution in [0.25, 0.3) is 0 Å². The predicted octanol–water partition coefficient (Wildman–Crippen LogP) is 1.55. The van der Waals surface area contributed by atoms with E-state index in [1.54, 1.807) is 17.1 Å². The molecular weight excluding hydrogens is 274 g/mol. The first kappa shape index (κ1) is 13.9. The number of ether oxygens (including phenoxy) is 1. The molecule has 0 aromatic carbocycles. The van der Waals surface area contributed by atoms with Crippen LogP contribution in [0, 0.1) is 0 Å². The lowest BCUT2D eigenvalue weighted by molar-refractivity contribution is 0.0441. The maximum Gasteiger partial charge on any atom is 0.257 e. The molecule has 110 valence electrons. The average Bonchev–Trinajstić information content (AvgIpc) is 3.17. The SMILES string of the molecule is Cn1cc(C(=O)N(C[C@H]2CCCO2)[C@@H]2CCSC2)cn1. The average molecular weight is 295 g/mol. The largest absolute Gasteiger partial charge is 0.376 e. The second-order valence-corrected chi connectivity index (χ2v) is 6.66. The highest BCUT2D eigenvalue weighted by Gasteiger charge is 2.31. The van der Waals surface area contributed by atoms with Crippen LogP contribution in [0.4, 0.5) is 0 Å². The molecule has 1 aromatic rings. The third-order valence-corrected chi connectivity index (χ3v) is 5.13. The number of hydrogen-bond donors (Lipinski definition) is 0. The number of nitrogens with zero attached hydrogens (tertiary/aromatic N) is 3. The number of amides is 1. The lowest BCUT2D eigenvalue weighted by atomic mass is 10.1. The monoisotopic (exact) mass is 295 g/mol. The maximum absolute atomic E-state index is 12.7. The highest BCUT2D eigenvalue weighted by atomic mass is 32.2. The van der Waals surface area contributed by atoms with Crippen molar-refractivity contribution in [1.82, 2.24) is 14.7 Å². The van der Waals surface area contributed by atoms with Crippen LogP contribution in [0.1, 0.15) is 29.6 Å². The zero-order valence-electron chi connectivity index (χ0n) is 11.8. The molecule has 0 N–H and O–H groups in total. The van der Waals surface area contributed by atoms with E-state index < -0.39 is 0 Å². The van der Waals surface area contributed by atoms with Gasteiger partial charge in [-0.2, -0.15) is 16.9 Å². The highest BCUT2D eigenvalue weighted by Crippen LogP contribution is 2.25. The van der Waals surface area contributed by atoms with E-state index in [1.807, 2.05) is 23.7 Å². The van der Waals surface area contributed by atoms with Crippen LogP contribution in [0.2, 0.25) is 0 Å². The van der Waals surface area contributed by atoms with Gasteiger partial charge in [0.15, 0.2) is 0 Å². The summed E-state index contributed by atoms with van der Waals surface area (Å²) in [5.41, 5.74) is 0.683. The molecule has 0 bridgehead atoms. The summed E-state index contributed by atoms with van der Waals surface area (Å²) in [6.07, 6.45) is 6.93. The molecule has 2 fully saturated rings. The zero-order chi connectivity index (χ0) is 13.9. The van der Waals surface area contributed by atoms with Crippen molar-refractivity contribution in [2.24, 2.45) is 7.05 Å². The number of aromatic nitrogens is 2. The van der Waals surface area contributed by atoms with Gasteiger partial charge in [0.2, 0.25) is 0 Å². The standard InChI is InChI=1S/C14H21N3O2S/c1-16-8-11(7-15-16)14(18)17(12-4-6-20-10-12)9-13-3-2-5-19-13/h7-8,12-13H,2-6,9-10H2,1H3/t12-,13-/m1/s1. The second-order valence-electron chi connectivity index (χ2n) is 5.51. The summed E-state index contributed by atoms with van der Waals surface area (Å²) in [5, 5.41) is 4.11. The van der Waals surface area contributed by atoms with Gasteiger partial charge in [-0.1, -0.05) is 0 Å². The first-order valence-corrected chi connectivity index (χ1v) is 8.38. The van der Waals surface area contributed by atoms with Crippen molar-refractivity contribution in [3.63, 3.8) is 0 Å². The molecule has 3 heterocycles. The number of carbonyl (C=O) groups is 1. The number of thioether (sulfide) groups is 1. The van der Waals surface area contributed by atoms with Crippen molar-refractivity contribution in [2.45, 2.75) is 31.4 Å². The fourth-order valence-corrected chi connectivity index (χ4v) is 4.09. The molecule has 0 unspecified atom stereocenters. The first-order valence-electron chi connectivity index (χ1n) is 7.23. The Bertz CT molecular complexity index is 465. The van der Waals surface area contributed by atoms with Gasteiger partial charge in [-0.05, 0) is 25.0 Å². The normalized spacial score (nSPS) is 26.1. The summed E-state index contributed by atoms with van der Waals surface area (Å²) in [7, 11) is 1.84. The van der Waals surface area contributed by atoms with Gasteiger partial charge < -0.3 is 9.64 Å². The number of aryl methyl sites for hydroxylation is 1. The Morgan fingerprint density at radius 3 is 3.10 bits per heavy atom. The van der Waals surface area contributed by atoms with Gasteiger partial charge in [-0.25, -0.2) is 0 Å². The summed E-state index contributed by atoms with van der Waals surface area (Å²) >= 11 is 1.93. The Morgan fingerprint density at radius 1 is 1.60 bits per heavy atom. The van der Waals surface area contributed by atoms with Crippen molar-refractivity contribution >= 4 is 17.7 Å². The quantitative estimate of drug-likeness (QED) is 0.845. The summed E-state index contributed by atoms with van der Waals surface area (Å²) < 4.78 is 7.39. The molecular formula is C14H21N3O2S. The third kappa shape index (κ3) is 3.01.